The minimum absolute atomic E-state index is 0.144. The van der Waals surface area contributed by atoms with E-state index in [9.17, 15) is 8.78 Å². The molecule has 2 N–H and O–H groups in total. The van der Waals surface area contributed by atoms with E-state index in [0.29, 0.717) is 5.56 Å². The van der Waals surface area contributed by atoms with Crippen LogP contribution in [0.3, 0.4) is 0 Å². The van der Waals surface area contributed by atoms with E-state index >= 15 is 0 Å². The first-order valence-corrected chi connectivity index (χ1v) is 5.62. The fraction of sp³-hybridized carbons (Fsp3) is 0.214. The Labute approximate surface area is 104 Å². The maximum atomic E-state index is 13.8. The van der Waals surface area contributed by atoms with Crippen LogP contribution in [0.1, 0.15) is 28.3 Å². The number of aromatic nitrogens is 1. The molecule has 1 aromatic carbocycles. The molecule has 1 unspecified atom stereocenters. The van der Waals surface area contributed by atoms with E-state index in [1.807, 2.05) is 13.0 Å². The predicted octanol–water partition coefficient (Wildman–Crippen LogP) is 3.02. The van der Waals surface area contributed by atoms with Crippen molar-refractivity contribution in [2.45, 2.75) is 19.9 Å². The number of nitrogens with two attached hydrogens (primary N) is 1. The molecule has 0 saturated heterocycles. The molecule has 2 aromatic rings. The van der Waals surface area contributed by atoms with Gasteiger partial charge in [0.15, 0.2) is 11.6 Å². The van der Waals surface area contributed by atoms with Crippen LogP contribution in [0.25, 0.3) is 0 Å². The van der Waals surface area contributed by atoms with Gasteiger partial charge in [-0.25, -0.2) is 8.78 Å². The van der Waals surface area contributed by atoms with Crippen LogP contribution in [0, 0.1) is 25.5 Å². The highest BCUT2D eigenvalue weighted by atomic mass is 19.2. The molecule has 2 rings (SSSR count). The van der Waals surface area contributed by atoms with Gasteiger partial charge in [0.2, 0.25) is 0 Å². The normalized spacial score (nSPS) is 12.5. The van der Waals surface area contributed by atoms with Gasteiger partial charge in [0.1, 0.15) is 0 Å². The highest BCUT2D eigenvalue weighted by Gasteiger charge is 2.18. The van der Waals surface area contributed by atoms with Crippen LogP contribution >= 0.6 is 0 Å². The molecule has 4 heteroatoms. The largest absolute Gasteiger partial charge is 0.320 e. The number of halogens is 2. The van der Waals surface area contributed by atoms with Gasteiger partial charge < -0.3 is 5.73 Å². The third kappa shape index (κ3) is 2.24. The average Bonchev–Trinajstić information content (AvgIpc) is 2.35. The molecule has 0 saturated carbocycles. The second kappa shape index (κ2) is 4.82. The van der Waals surface area contributed by atoms with E-state index in [0.717, 1.165) is 5.56 Å². The number of hydrogen-bond donors (Lipinski definition) is 1. The molecule has 94 valence electrons. The maximum Gasteiger partial charge on any atom is 0.164 e. The van der Waals surface area contributed by atoms with Gasteiger partial charge in [0, 0.05) is 18.0 Å². The number of pyridine rings is 1. The lowest BCUT2D eigenvalue weighted by molar-refractivity contribution is 0.489. The Morgan fingerprint density at radius 1 is 1.11 bits per heavy atom. The summed E-state index contributed by atoms with van der Waals surface area (Å²) in [7, 11) is 0. The molecule has 0 aliphatic heterocycles. The first-order valence-electron chi connectivity index (χ1n) is 5.62. The van der Waals surface area contributed by atoms with Crippen LogP contribution in [0.4, 0.5) is 8.78 Å². The van der Waals surface area contributed by atoms with E-state index in [1.165, 1.54) is 19.1 Å². The smallest absolute Gasteiger partial charge is 0.164 e. The fourth-order valence-corrected chi connectivity index (χ4v) is 1.83. The number of nitrogens with zero attached hydrogens (tertiary/aromatic N) is 1. The third-order valence-electron chi connectivity index (χ3n) is 2.90. The van der Waals surface area contributed by atoms with Crippen molar-refractivity contribution in [3.8, 4) is 0 Å². The van der Waals surface area contributed by atoms with Gasteiger partial charge >= 0.3 is 0 Å². The van der Waals surface area contributed by atoms with E-state index < -0.39 is 17.7 Å². The lowest BCUT2D eigenvalue weighted by Gasteiger charge is -2.14. The van der Waals surface area contributed by atoms with E-state index in [4.69, 9.17) is 5.73 Å². The molecule has 0 bridgehead atoms. The van der Waals surface area contributed by atoms with Crippen molar-refractivity contribution in [2.24, 2.45) is 5.73 Å². The van der Waals surface area contributed by atoms with Crippen molar-refractivity contribution in [3.05, 3.63) is 64.5 Å². The van der Waals surface area contributed by atoms with Crippen LogP contribution in [0.15, 0.2) is 30.6 Å². The lowest BCUT2D eigenvalue weighted by atomic mass is 9.98. The molecule has 18 heavy (non-hydrogen) atoms. The monoisotopic (exact) mass is 248 g/mol. The lowest BCUT2D eigenvalue weighted by Crippen LogP contribution is -2.15. The topological polar surface area (TPSA) is 38.9 Å². The van der Waals surface area contributed by atoms with Gasteiger partial charge in [-0.2, -0.15) is 0 Å². The zero-order chi connectivity index (χ0) is 13.3. The number of benzene rings is 1. The van der Waals surface area contributed by atoms with E-state index in [1.54, 1.807) is 12.4 Å². The molecule has 1 aromatic heterocycles. The molecular weight excluding hydrogens is 234 g/mol. The van der Waals surface area contributed by atoms with Crippen molar-refractivity contribution in [1.82, 2.24) is 4.98 Å². The Morgan fingerprint density at radius 2 is 1.83 bits per heavy atom. The van der Waals surface area contributed by atoms with Crippen LogP contribution in [0.2, 0.25) is 0 Å². The highest BCUT2D eigenvalue weighted by Crippen LogP contribution is 2.25. The first-order chi connectivity index (χ1) is 8.50. The minimum Gasteiger partial charge on any atom is -0.320 e. The van der Waals surface area contributed by atoms with Crippen molar-refractivity contribution in [1.29, 1.82) is 0 Å². The fourth-order valence-electron chi connectivity index (χ4n) is 1.83. The molecule has 0 aliphatic carbocycles. The van der Waals surface area contributed by atoms with E-state index in [2.05, 4.69) is 4.98 Å². The highest BCUT2D eigenvalue weighted by molar-refractivity contribution is 5.34. The van der Waals surface area contributed by atoms with Crippen molar-refractivity contribution in [2.75, 3.05) is 0 Å². The Balaban J connectivity index is 2.46. The van der Waals surface area contributed by atoms with Crippen molar-refractivity contribution >= 4 is 0 Å². The summed E-state index contributed by atoms with van der Waals surface area (Å²) in [5.41, 5.74) is 7.96. The molecule has 1 heterocycles. The second-order valence-corrected chi connectivity index (χ2v) is 4.37. The van der Waals surface area contributed by atoms with Crippen LogP contribution in [-0.4, -0.2) is 4.98 Å². The van der Waals surface area contributed by atoms with Gasteiger partial charge in [-0.3, -0.25) is 4.98 Å². The first kappa shape index (κ1) is 12.6. The standard InChI is InChI=1S/C14H14F2N2/c1-8-5-10(7-18-6-8)14(17)11-4-3-9(2)12(15)13(11)16/h3-7,14H,17H2,1-2H3. The van der Waals surface area contributed by atoms with Crippen molar-refractivity contribution < 1.29 is 8.78 Å². The van der Waals surface area contributed by atoms with Crippen LogP contribution < -0.4 is 5.73 Å². The minimum atomic E-state index is -0.885. The molecule has 0 radical (unpaired) electrons. The molecule has 1 atom stereocenters. The molecule has 0 spiro atoms. The van der Waals surface area contributed by atoms with Gasteiger partial charge in [-0.05, 0) is 30.5 Å². The van der Waals surface area contributed by atoms with Gasteiger partial charge in [-0.1, -0.05) is 18.2 Å². The van der Waals surface area contributed by atoms with Gasteiger partial charge in [0.05, 0.1) is 6.04 Å². The molecule has 0 fully saturated rings. The summed E-state index contributed by atoms with van der Waals surface area (Å²) in [5.74, 6) is -1.73. The summed E-state index contributed by atoms with van der Waals surface area (Å²) >= 11 is 0. The summed E-state index contributed by atoms with van der Waals surface area (Å²) in [6.07, 6.45) is 3.25. The molecule has 0 aliphatic rings. The summed E-state index contributed by atoms with van der Waals surface area (Å²) < 4.78 is 27.3. The summed E-state index contributed by atoms with van der Waals surface area (Å²) in [4.78, 5) is 4.00. The number of hydrogen-bond acceptors (Lipinski definition) is 2. The van der Waals surface area contributed by atoms with Crippen molar-refractivity contribution in [3.63, 3.8) is 0 Å². The third-order valence-corrected chi connectivity index (χ3v) is 2.90. The van der Waals surface area contributed by atoms with Crippen LogP contribution in [0.5, 0.6) is 0 Å². The average molecular weight is 248 g/mol. The SMILES string of the molecule is Cc1cncc(C(N)c2ccc(C)c(F)c2F)c1. The Bertz CT molecular complexity index is 582. The van der Waals surface area contributed by atoms with Crippen LogP contribution in [-0.2, 0) is 0 Å². The second-order valence-electron chi connectivity index (χ2n) is 4.37. The zero-order valence-corrected chi connectivity index (χ0v) is 10.2. The summed E-state index contributed by atoms with van der Waals surface area (Å²) in [6, 6.07) is 4.14. The summed E-state index contributed by atoms with van der Waals surface area (Å²) in [6.45, 7) is 3.39. The maximum absolute atomic E-state index is 13.8. The predicted molar refractivity (Wildman–Crippen MR) is 66.1 cm³/mol. The Hall–Kier alpha value is -1.81. The molecule has 0 amide bonds. The number of rotatable bonds is 2. The van der Waals surface area contributed by atoms with Gasteiger partial charge in [0.25, 0.3) is 0 Å². The number of aryl methyl sites for hydroxylation is 2. The Morgan fingerprint density at radius 3 is 2.50 bits per heavy atom. The molecule has 2 nitrogen and oxygen atoms in total. The quantitative estimate of drug-likeness (QED) is 0.887. The zero-order valence-electron chi connectivity index (χ0n) is 10.2. The van der Waals surface area contributed by atoms with E-state index in [-0.39, 0.29) is 11.1 Å². The Kier molecular flexibility index (Phi) is 3.39. The summed E-state index contributed by atoms with van der Waals surface area (Å²) in [5, 5.41) is 0. The molecular formula is C14H14F2N2. The van der Waals surface area contributed by atoms with Gasteiger partial charge in [-0.15, -0.1) is 0 Å².